The number of halogens is 2. The van der Waals surface area contributed by atoms with E-state index in [1.807, 2.05) is 18.4 Å². The highest BCUT2D eigenvalue weighted by atomic mass is 35.5. The minimum Gasteiger partial charge on any atom is -0.380 e. The first-order valence-electron chi connectivity index (χ1n) is 5.15. The van der Waals surface area contributed by atoms with Gasteiger partial charge in [0.1, 0.15) is 11.4 Å². The van der Waals surface area contributed by atoms with Crippen molar-refractivity contribution in [1.29, 1.82) is 0 Å². The molecule has 0 aliphatic rings. The molecule has 17 heavy (non-hydrogen) atoms. The fraction of sp³-hybridized carbons (Fsp3) is 0.231. The molecule has 1 heterocycles. The van der Waals surface area contributed by atoms with E-state index < -0.39 is 11.4 Å². The van der Waals surface area contributed by atoms with Gasteiger partial charge in [-0.1, -0.05) is 17.7 Å². The smallest absolute Gasteiger partial charge is 0.131 e. The molecule has 1 atom stereocenters. The summed E-state index contributed by atoms with van der Waals surface area (Å²) >= 11 is 7.12. The molecule has 1 nitrogen and oxygen atoms in total. The maximum absolute atomic E-state index is 13.8. The van der Waals surface area contributed by atoms with Gasteiger partial charge in [-0.05, 0) is 43.0 Å². The number of rotatable bonds is 2. The first-order chi connectivity index (χ1) is 7.93. The number of hydrogen-bond acceptors (Lipinski definition) is 2. The highest BCUT2D eigenvalue weighted by molar-refractivity contribution is 7.10. The van der Waals surface area contributed by atoms with Crippen LogP contribution in [0.15, 0.2) is 29.6 Å². The van der Waals surface area contributed by atoms with E-state index in [0.717, 1.165) is 10.4 Å². The lowest BCUT2D eigenvalue weighted by atomic mass is 9.92. The van der Waals surface area contributed by atoms with E-state index in [1.165, 1.54) is 23.5 Å². The number of benzene rings is 1. The van der Waals surface area contributed by atoms with Crippen LogP contribution in [0.1, 0.15) is 22.9 Å². The predicted molar refractivity (Wildman–Crippen MR) is 69.1 cm³/mol. The van der Waals surface area contributed by atoms with Crippen LogP contribution in [-0.2, 0) is 5.60 Å². The summed E-state index contributed by atoms with van der Waals surface area (Å²) in [6, 6.07) is 6.23. The monoisotopic (exact) mass is 270 g/mol. The Balaban J connectivity index is 2.55. The Morgan fingerprint density at radius 1 is 1.35 bits per heavy atom. The van der Waals surface area contributed by atoms with Crippen molar-refractivity contribution in [3.63, 3.8) is 0 Å². The van der Waals surface area contributed by atoms with E-state index in [0.29, 0.717) is 5.02 Å². The Morgan fingerprint density at radius 2 is 2.06 bits per heavy atom. The van der Waals surface area contributed by atoms with Crippen molar-refractivity contribution in [1.82, 2.24) is 0 Å². The molecule has 2 aromatic rings. The van der Waals surface area contributed by atoms with Crippen molar-refractivity contribution >= 4 is 22.9 Å². The average molecular weight is 271 g/mol. The van der Waals surface area contributed by atoms with Gasteiger partial charge in [0.25, 0.3) is 0 Å². The summed E-state index contributed by atoms with van der Waals surface area (Å²) in [7, 11) is 0. The average Bonchev–Trinajstić information content (AvgIpc) is 2.64. The molecule has 0 aliphatic heterocycles. The summed E-state index contributed by atoms with van der Waals surface area (Å²) in [4.78, 5) is 0.749. The van der Waals surface area contributed by atoms with Gasteiger partial charge in [-0.3, -0.25) is 0 Å². The number of thiophene rings is 1. The first-order valence-corrected chi connectivity index (χ1v) is 6.41. The van der Waals surface area contributed by atoms with Crippen molar-refractivity contribution in [3.8, 4) is 0 Å². The van der Waals surface area contributed by atoms with E-state index in [4.69, 9.17) is 11.6 Å². The molecule has 0 bridgehead atoms. The molecule has 0 radical (unpaired) electrons. The second kappa shape index (κ2) is 4.41. The molecular formula is C13H12ClFOS. The topological polar surface area (TPSA) is 20.2 Å². The summed E-state index contributed by atoms with van der Waals surface area (Å²) in [6.45, 7) is 3.49. The standard InChI is InChI=1S/C13H12ClFOS/c1-8-5-6-17-12(8)13(2,16)10-4-3-9(14)7-11(10)15/h3-7,16H,1-2H3. The molecule has 0 saturated heterocycles. The number of hydrogen-bond donors (Lipinski definition) is 1. The van der Waals surface area contributed by atoms with Crippen molar-refractivity contribution in [2.24, 2.45) is 0 Å². The third-order valence-electron chi connectivity index (χ3n) is 2.76. The highest BCUT2D eigenvalue weighted by Gasteiger charge is 2.31. The first kappa shape index (κ1) is 12.6. The molecule has 0 saturated carbocycles. The molecule has 2 rings (SSSR count). The van der Waals surface area contributed by atoms with Crippen molar-refractivity contribution in [2.45, 2.75) is 19.4 Å². The Hall–Kier alpha value is -0.900. The minimum absolute atomic E-state index is 0.243. The fourth-order valence-electron chi connectivity index (χ4n) is 1.88. The van der Waals surface area contributed by atoms with Gasteiger partial charge >= 0.3 is 0 Å². The van der Waals surface area contributed by atoms with Crippen LogP contribution in [-0.4, -0.2) is 5.11 Å². The Kier molecular flexibility index (Phi) is 3.25. The zero-order valence-electron chi connectivity index (χ0n) is 9.50. The molecule has 1 unspecified atom stereocenters. The van der Waals surface area contributed by atoms with Crippen LogP contribution in [0, 0.1) is 12.7 Å². The van der Waals surface area contributed by atoms with E-state index in [9.17, 15) is 9.50 Å². The molecule has 1 aromatic heterocycles. The quantitative estimate of drug-likeness (QED) is 0.871. The predicted octanol–water partition coefficient (Wildman–Crippen LogP) is 4.10. The van der Waals surface area contributed by atoms with Crippen LogP contribution < -0.4 is 0 Å². The summed E-state index contributed by atoms with van der Waals surface area (Å²) in [5.74, 6) is -0.490. The van der Waals surface area contributed by atoms with Gasteiger partial charge in [-0.2, -0.15) is 0 Å². The van der Waals surface area contributed by atoms with Crippen LogP contribution in [0.25, 0.3) is 0 Å². The van der Waals surface area contributed by atoms with Gasteiger partial charge in [0.05, 0.1) is 0 Å². The van der Waals surface area contributed by atoms with Gasteiger partial charge in [-0.25, -0.2) is 4.39 Å². The number of aliphatic hydroxyl groups is 1. The van der Waals surface area contributed by atoms with Gasteiger partial charge < -0.3 is 5.11 Å². The lowest BCUT2D eigenvalue weighted by Gasteiger charge is -2.24. The Morgan fingerprint density at radius 3 is 2.59 bits per heavy atom. The molecule has 1 aromatic carbocycles. The van der Waals surface area contributed by atoms with Gasteiger partial charge in [-0.15, -0.1) is 11.3 Å². The molecule has 1 N–H and O–H groups in total. The minimum atomic E-state index is -1.33. The Bertz CT molecular complexity index is 548. The maximum atomic E-state index is 13.8. The summed E-state index contributed by atoms with van der Waals surface area (Å²) in [5.41, 5.74) is -0.130. The van der Waals surface area contributed by atoms with Gasteiger partial charge in [0.2, 0.25) is 0 Å². The third kappa shape index (κ3) is 2.23. The highest BCUT2D eigenvalue weighted by Crippen LogP contribution is 2.36. The molecule has 0 aliphatic carbocycles. The SMILES string of the molecule is Cc1ccsc1C(C)(O)c1ccc(Cl)cc1F. The van der Waals surface area contributed by atoms with E-state index >= 15 is 0 Å². The second-order valence-corrected chi connectivity index (χ2v) is 5.48. The number of aryl methyl sites for hydroxylation is 1. The van der Waals surface area contributed by atoms with Crippen LogP contribution in [0.2, 0.25) is 5.02 Å². The maximum Gasteiger partial charge on any atom is 0.131 e. The lowest BCUT2D eigenvalue weighted by Crippen LogP contribution is -2.23. The van der Waals surface area contributed by atoms with Crippen molar-refractivity contribution in [3.05, 3.63) is 56.5 Å². The molecule has 90 valence electrons. The van der Waals surface area contributed by atoms with Gasteiger partial charge in [0.15, 0.2) is 0 Å². The molecule has 0 spiro atoms. The van der Waals surface area contributed by atoms with E-state index in [2.05, 4.69) is 0 Å². The Labute approximate surface area is 108 Å². The van der Waals surface area contributed by atoms with Crippen molar-refractivity contribution in [2.75, 3.05) is 0 Å². The second-order valence-electron chi connectivity index (χ2n) is 4.13. The largest absolute Gasteiger partial charge is 0.380 e. The molecular weight excluding hydrogens is 259 g/mol. The van der Waals surface area contributed by atoms with Crippen LogP contribution in [0.5, 0.6) is 0 Å². The normalized spacial score (nSPS) is 14.6. The third-order valence-corrected chi connectivity index (χ3v) is 4.22. The summed E-state index contributed by atoms with van der Waals surface area (Å²) < 4.78 is 13.8. The zero-order chi connectivity index (χ0) is 12.6. The van der Waals surface area contributed by atoms with Crippen molar-refractivity contribution < 1.29 is 9.50 Å². The van der Waals surface area contributed by atoms with Crippen LogP contribution >= 0.6 is 22.9 Å². The zero-order valence-corrected chi connectivity index (χ0v) is 11.1. The molecule has 4 heteroatoms. The molecule has 0 amide bonds. The van der Waals surface area contributed by atoms with Gasteiger partial charge in [0, 0.05) is 15.5 Å². The lowest BCUT2D eigenvalue weighted by molar-refractivity contribution is 0.101. The summed E-state index contributed by atoms with van der Waals surface area (Å²) in [5, 5.41) is 12.7. The summed E-state index contributed by atoms with van der Waals surface area (Å²) in [6.07, 6.45) is 0. The van der Waals surface area contributed by atoms with E-state index in [-0.39, 0.29) is 5.56 Å². The van der Waals surface area contributed by atoms with Crippen LogP contribution in [0.3, 0.4) is 0 Å². The van der Waals surface area contributed by atoms with E-state index in [1.54, 1.807) is 13.0 Å². The van der Waals surface area contributed by atoms with Crippen LogP contribution in [0.4, 0.5) is 4.39 Å². The molecule has 0 fully saturated rings. The fourth-order valence-corrected chi connectivity index (χ4v) is 3.04.